The van der Waals surface area contributed by atoms with Crippen molar-refractivity contribution in [2.24, 2.45) is 10.7 Å². The van der Waals surface area contributed by atoms with Gasteiger partial charge in [-0.25, -0.2) is 4.99 Å². The third-order valence-corrected chi connectivity index (χ3v) is 2.71. The van der Waals surface area contributed by atoms with Gasteiger partial charge < -0.3 is 19.7 Å². The van der Waals surface area contributed by atoms with E-state index in [1.54, 1.807) is 24.2 Å². The molecular formula is C11H17ClN4O3. The van der Waals surface area contributed by atoms with Crippen LogP contribution < -0.4 is 11.1 Å². The molecule has 0 aromatic carbocycles. The molecule has 1 amide bonds. The van der Waals surface area contributed by atoms with E-state index < -0.39 is 12.6 Å². The summed E-state index contributed by atoms with van der Waals surface area (Å²) >= 11 is 0. The third-order valence-electron chi connectivity index (χ3n) is 2.71. The van der Waals surface area contributed by atoms with Crippen LogP contribution >= 0.6 is 12.4 Å². The van der Waals surface area contributed by atoms with Gasteiger partial charge in [0.15, 0.2) is 12.6 Å². The van der Waals surface area contributed by atoms with Gasteiger partial charge in [-0.05, 0) is 6.08 Å². The molecule has 0 bridgehead atoms. The van der Waals surface area contributed by atoms with E-state index in [2.05, 4.69) is 10.3 Å². The number of halogens is 1. The lowest BCUT2D eigenvalue weighted by Gasteiger charge is -2.30. The average Bonchev–Trinajstić information content (AvgIpc) is 2.32. The zero-order chi connectivity index (χ0) is 13.3. The zero-order valence-electron chi connectivity index (χ0n) is 10.9. The van der Waals surface area contributed by atoms with Crippen LogP contribution in [0.5, 0.6) is 0 Å². The lowest BCUT2D eigenvalue weighted by atomic mass is 10.0. The van der Waals surface area contributed by atoms with E-state index in [1.165, 1.54) is 14.2 Å². The predicted octanol–water partition coefficient (Wildman–Crippen LogP) is -0.447. The highest BCUT2D eigenvalue weighted by molar-refractivity contribution is 6.23. The van der Waals surface area contributed by atoms with Gasteiger partial charge in [0.1, 0.15) is 5.84 Å². The molecular weight excluding hydrogens is 272 g/mol. The van der Waals surface area contributed by atoms with Gasteiger partial charge in [0.25, 0.3) is 5.91 Å². The Morgan fingerprint density at radius 3 is 2.68 bits per heavy atom. The quantitative estimate of drug-likeness (QED) is 0.687. The number of amidine groups is 1. The summed E-state index contributed by atoms with van der Waals surface area (Å²) in [6.07, 6.45) is 2.26. The standard InChI is InChI=1S/C11H16N4O3.ClH/c1-15-5-6(10(17-2)18-3)4-7-8(15)13-11(12)14-9(7)16;/h4-5,10-11H,12H2,1-3H3,(H,14,16);1H. The number of likely N-dealkylation sites (N-methyl/N-ethyl adjacent to an activating group) is 1. The molecule has 2 aliphatic heterocycles. The fraction of sp³-hybridized carbons (Fsp3) is 0.455. The number of methoxy groups -OCH3 is 2. The van der Waals surface area contributed by atoms with E-state index >= 15 is 0 Å². The van der Waals surface area contributed by atoms with Crippen molar-refractivity contribution in [3.05, 3.63) is 23.4 Å². The Hall–Kier alpha value is -1.41. The van der Waals surface area contributed by atoms with Gasteiger partial charge in [-0.2, -0.15) is 0 Å². The first kappa shape index (κ1) is 15.6. The number of aliphatic imine (C=N–C) groups is 1. The molecule has 0 radical (unpaired) electrons. The zero-order valence-corrected chi connectivity index (χ0v) is 11.7. The van der Waals surface area contributed by atoms with Crippen molar-refractivity contribution in [2.75, 3.05) is 21.3 Å². The van der Waals surface area contributed by atoms with Crippen LogP contribution in [0.3, 0.4) is 0 Å². The first-order chi connectivity index (χ1) is 8.56. The molecule has 0 aromatic rings. The number of nitrogens with one attached hydrogen (secondary N) is 1. The molecule has 0 aromatic heterocycles. The maximum atomic E-state index is 11.9. The predicted molar refractivity (Wildman–Crippen MR) is 72.5 cm³/mol. The fourth-order valence-corrected chi connectivity index (χ4v) is 1.94. The molecule has 0 aliphatic carbocycles. The molecule has 2 heterocycles. The smallest absolute Gasteiger partial charge is 0.257 e. The summed E-state index contributed by atoms with van der Waals surface area (Å²) in [5, 5.41) is 2.54. The summed E-state index contributed by atoms with van der Waals surface area (Å²) in [5.41, 5.74) is 6.79. The van der Waals surface area contributed by atoms with Crippen molar-refractivity contribution in [1.82, 2.24) is 10.2 Å². The van der Waals surface area contributed by atoms with E-state index in [-0.39, 0.29) is 18.3 Å². The topological polar surface area (TPSA) is 89.2 Å². The second kappa shape index (κ2) is 6.16. The molecule has 19 heavy (non-hydrogen) atoms. The third kappa shape index (κ3) is 2.95. The van der Waals surface area contributed by atoms with Crippen molar-refractivity contribution in [3.8, 4) is 0 Å². The highest BCUT2D eigenvalue weighted by Crippen LogP contribution is 2.21. The molecule has 3 N–H and O–H groups in total. The van der Waals surface area contributed by atoms with E-state index in [0.717, 1.165) is 5.57 Å². The number of ether oxygens (including phenoxy) is 2. The number of carbonyl (C=O) groups is 1. The highest BCUT2D eigenvalue weighted by atomic mass is 35.5. The molecule has 0 saturated heterocycles. The molecule has 0 saturated carbocycles. The highest BCUT2D eigenvalue weighted by Gasteiger charge is 2.30. The molecule has 8 heteroatoms. The van der Waals surface area contributed by atoms with Crippen molar-refractivity contribution >= 4 is 24.1 Å². The molecule has 2 aliphatic rings. The van der Waals surface area contributed by atoms with Crippen LogP contribution in [0.2, 0.25) is 0 Å². The molecule has 2 rings (SSSR count). The minimum atomic E-state index is -0.706. The van der Waals surface area contributed by atoms with Gasteiger partial charge in [0, 0.05) is 33.0 Å². The second-order valence-corrected chi connectivity index (χ2v) is 3.97. The number of amides is 1. The molecule has 1 atom stereocenters. The SMILES string of the molecule is COC(OC)C1=CN(C)C2=NC(N)NC(=O)C2=C1.Cl. The van der Waals surface area contributed by atoms with Crippen molar-refractivity contribution in [3.63, 3.8) is 0 Å². The van der Waals surface area contributed by atoms with Gasteiger partial charge in [0.05, 0.1) is 5.57 Å². The van der Waals surface area contributed by atoms with Gasteiger partial charge in [-0.15, -0.1) is 12.4 Å². The summed E-state index contributed by atoms with van der Waals surface area (Å²) < 4.78 is 10.3. The van der Waals surface area contributed by atoms with E-state index in [9.17, 15) is 4.79 Å². The van der Waals surface area contributed by atoms with Crippen LogP contribution in [0.4, 0.5) is 0 Å². The summed E-state index contributed by atoms with van der Waals surface area (Å²) in [4.78, 5) is 17.8. The Bertz CT molecular complexity index is 457. The number of fused-ring (bicyclic) bond motifs is 1. The number of hydrogen-bond acceptors (Lipinski definition) is 6. The lowest BCUT2D eigenvalue weighted by molar-refractivity contribution is -0.118. The Balaban J connectivity index is 0.00000180. The second-order valence-electron chi connectivity index (χ2n) is 3.97. The monoisotopic (exact) mass is 288 g/mol. The Labute approximate surface area is 117 Å². The van der Waals surface area contributed by atoms with Crippen LogP contribution in [-0.2, 0) is 14.3 Å². The van der Waals surface area contributed by atoms with Crippen LogP contribution in [0, 0.1) is 0 Å². The van der Waals surface area contributed by atoms with Crippen molar-refractivity contribution < 1.29 is 14.3 Å². The number of rotatable bonds is 3. The summed E-state index contributed by atoms with van der Waals surface area (Å²) in [5.74, 6) is 0.289. The number of hydrogen-bond donors (Lipinski definition) is 2. The first-order valence-corrected chi connectivity index (χ1v) is 5.43. The van der Waals surface area contributed by atoms with Gasteiger partial charge in [0.2, 0.25) is 0 Å². The minimum Gasteiger partial charge on any atom is -0.352 e. The van der Waals surface area contributed by atoms with E-state index in [1.807, 2.05) is 0 Å². The van der Waals surface area contributed by atoms with Crippen molar-refractivity contribution in [2.45, 2.75) is 12.6 Å². The normalized spacial score (nSPS) is 21.9. The molecule has 0 fully saturated rings. The molecule has 106 valence electrons. The van der Waals surface area contributed by atoms with Gasteiger partial charge in [-0.1, -0.05) is 0 Å². The van der Waals surface area contributed by atoms with E-state index in [4.69, 9.17) is 15.2 Å². The van der Waals surface area contributed by atoms with Crippen LogP contribution in [0.25, 0.3) is 0 Å². The van der Waals surface area contributed by atoms with Gasteiger partial charge in [-0.3, -0.25) is 10.5 Å². The fourth-order valence-electron chi connectivity index (χ4n) is 1.94. The Morgan fingerprint density at radius 1 is 1.47 bits per heavy atom. The van der Waals surface area contributed by atoms with Gasteiger partial charge >= 0.3 is 0 Å². The summed E-state index contributed by atoms with van der Waals surface area (Å²) in [6, 6.07) is 0. The first-order valence-electron chi connectivity index (χ1n) is 5.43. The number of carbonyl (C=O) groups excluding carboxylic acids is 1. The summed E-state index contributed by atoms with van der Waals surface area (Å²) in [6.45, 7) is 0. The van der Waals surface area contributed by atoms with Crippen molar-refractivity contribution in [1.29, 1.82) is 0 Å². The molecule has 1 unspecified atom stereocenters. The summed E-state index contributed by atoms with van der Waals surface area (Å²) in [7, 11) is 4.86. The maximum absolute atomic E-state index is 11.9. The molecule has 7 nitrogen and oxygen atoms in total. The van der Waals surface area contributed by atoms with Crippen LogP contribution in [0.1, 0.15) is 0 Å². The minimum absolute atomic E-state index is 0. The van der Waals surface area contributed by atoms with E-state index in [0.29, 0.717) is 11.4 Å². The van der Waals surface area contributed by atoms with Crippen LogP contribution in [0.15, 0.2) is 28.4 Å². The molecule has 0 spiro atoms. The number of nitrogens with zero attached hydrogens (tertiary/aromatic N) is 2. The lowest BCUT2D eigenvalue weighted by Crippen LogP contribution is -2.50. The average molecular weight is 289 g/mol. The van der Waals surface area contributed by atoms with Crippen LogP contribution in [-0.4, -0.2) is 50.5 Å². The maximum Gasteiger partial charge on any atom is 0.257 e. The Morgan fingerprint density at radius 2 is 2.11 bits per heavy atom. The number of nitrogens with two attached hydrogens (primary N) is 1. The Kier molecular flexibility index (Phi) is 5.07. The largest absolute Gasteiger partial charge is 0.352 e.